The number of aryl methyl sites for hydroxylation is 2. The Morgan fingerprint density at radius 2 is 2.13 bits per heavy atom. The van der Waals surface area contributed by atoms with E-state index in [0.29, 0.717) is 0 Å². The largest absolute Gasteiger partial charge is 0.383 e. The Morgan fingerprint density at radius 1 is 1.40 bits per heavy atom. The number of fused-ring (bicyclic) bond motifs is 1. The number of hydrogen-bond acceptors (Lipinski definition) is 2. The average Bonchev–Trinajstić information content (AvgIpc) is 2.53. The van der Waals surface area contributed by atoms with E-state index < -0.39 is 0 Å². The first-order valence-electron chi connectivity index (χ1n) is 5.15. The molecule has 0 aliphatic heterocycles. The molecular weight excluding hydrogens is 188 g/mol. The van der Waals surface area contributed by atoms with Crippen LogP contribution in [0.4, 0.5) is 0 Å². The highest BCUT2D eigenvalue weighted by molar-refractivity contribution is 6.09. The minimum absolute atomic E-state index is 0.178. The van der Waals surface area contributed by atoms with Crippen LogP contribution in [0, 0.1) is 0 Å². The summed E-state index contributed by atoms with van der Waals surface area (Å²) in [5.41, 5.74) is 2.95. The van der Waals surface area contributed by atoms with Gasteiger partial charge in [-0.15, -0.1) is 0 Å². The minimum Gasteiger partial charge on any atom is -0.383 e. The molecule has 0 unspecified atom stereocenters. The van der Waals surface area contributed by atoms with Crippen molar-refractivity contribution in [3.63, 3.8) is 0 Å². The van der Waals surface area contributed by atoms with Crippen molar-refractivity contribution in [2.24, 2.45) is 7.05 Å². The molecule has 3 nitrogen and oxygen atoms in total. The Morgan fingerprint density at radius 3 is 2.80 bits per heavy atom. The van der Waals surface area contributed by atoms with Crippen molar-refractivity contribution < 1.29 is 4.79 Å². The van der Waals surface area contributed by atoms with Crippen LogP contribution in [0.15, 0.2) is 24.0 Å². The van der Waals surface area contributed by atoms with Gasteiger partial charge in [0.05, 0.1) is 5.69 Å². The number of carbonyl (C=O) groups excluding carboxylic acids is 1. The summed E-state index contributed by atoms with van der Waals surface area (Å²) in [4.78, 5) is 14.1. The molecule has 1 aliphatic rings. The third-order valence-electron chi connectivity index (χ3n) is 2.74. The smallest absolute Gasteiger partial charge is 0.207 e. The molecule has 0 amide bonds. The first-order valence-corrected chi connectivity index (χ1v) is 5.15. The quantitative estimate of drug-likeness (QED) is 0.649. The van der Waals surface area contributed by atoms with Crippen molar-refractivity contribution in [1.29, 1.82) is 0 Å². The third-order valence-corrected chi connectivity index (χ3v) is 2.74. The highest BCUT2D eigenvalue weighted by Crippen LogP contribution is 2.25. The molecule has 1 aliphatic carbocycles. The number of hydrogen-bond donors (Lipinski definition) is 0. The first-order chi connectivity index (χ1) is 7.09. The summed E-state index contributed by atoms with van der Waals surface area (Å²) in [6.07, 6.45) is 5.72. The molecule has 1 heterocycles. The molecule has 0 atom stereocenters. The fourth-order valence-corrected chi connectivity index (χ4v) is 2.06. The van der Waals surface area contributed by atoms with Gasteiger partial charge in [-0.2, -0.15) is 0 Å². The lowest BCUT2D eigenvalue weighted by Crippen LogP contribution is -2.18. The monoisotopic (exact) mass is 204 g/mol. The molecule has 0 fully saturated rings. The molecule has 0 radical (unpaired) electrons. The highest BCUT2D eigenvalue weighted by atomic mass is 16.1. The van der Waals surface area contributed by atoms with Gasteiger partial charge in [0, 0.05) is 39.1 Å². The van der Waals surface area contributed by atoms with Crippen LogP contribution >= 0.6 is 0 Å². The van der Waals surface area contributed by atoms with Crippen LogP contribution in [0.3, 0.4) is 0 Å². The van der Waals surface area contributed by atoms with Crippen LogP contribution in [0.1, 0.15) is 22.5 Å². The zero-order valence-electron chi connectivity index (χ0n) is 9.45. The normalized spacial score (nSPS) is 18.1. The van der Waals surface area contributed by atoms with E-state index in [1.807, 2.05) is 49.1 Å². The van der Waals surface area contributed by atoms with Crippen molar-refractivity contribution in [1.82, 2.24) is 9.47 Å². The molecule has 0 spiro atoms. The molecule has 3 heteroatoms. The van der Waals surface area contributed by atoms with Gasteiger partial charge in [0.15, 0.2) is 0 Å². The summed E-state index contributed by atoms with van der Waals surface area (Å²) in [6, 6.07) is 2.04. The molecule has 15 heavy (non-hydrogen) atoms. The number of carbonyl (C=O) groups is 1. The fraction of sp³-hybridized carbons (Fsp3) is 0.417. The van der Waals surface area contributed by atoms with E-state index in [2.05, 4.69) is 0 Å². The number of ketones is 1. The number of Topliss-reactive ketones (excluding diaryl/α,β-unsaturated/α-hetero) is 1. The van der Waals surface area contributed by atoms with E-state index in [1.165, 1.54) is 5.56 Å². The van der Waals surface area contributed by atoms with Crippen molar-refractivity contribution in [3.8, 4) is 0 Å². The zero-order chi connectivity index (χ0) is 11.0. The molecule has 80 valence electrons. The summed E-state index contributed by atoms with van der Waals surface area (Å²) in [5, 5.41) is 0. The van der Waals surface area contributed by atoms with E-state index in [0.717, 1.165) is 24.1 Å². The minimum atomic E-state index is 0.178. The van der Waals surface area contributed by atoms with Crippen LogP contribution in [-0.2, 0) is 13.5 Å². The predicted octanol–water partition coefficient (Wildman–Crippen LogP) is 1.60. The lowest BCUT2D eigenvalue weighted by atomic mass is 9.92. The maximum atomic E-state index is 12.1. The second-order valence-corrected chi connectivity index (χ2v) is 4.25. The topological polar surface area (TPSA) is 25.2 Å². The van der Waals surface area contributed by atoms with Crippen LogP contribution in [0.5, 0.6) is 0 Å². The number of rotatable bonds is 1. The second kappa shape index (κ2) is 3.57. The molecule has 1 aromatic heterocycles. The van der Waals surface area contributed by atoms with Crippen LogP contribution in [0.25, 0.3) is 0 Å². The molecular formula is C12H16N2O. The Kier molecular flexibility index (Phi) is 2.39. The van der Waals surface area contributed by atoms with E-state index in [-0.39, 0.29) is 5.78 Å². The fourth-order valence-electron chi connectivity index (χ4n) is 2.06. The summed E-state index contributed by atoms with van der Waals surface area (Å²) in [7, 11) is 5.82. The summed E-state index contributed by atoms with van der Waals surface area (Å²) >= 11 is 0. The van der Waals surface area contributed by atoms with Crippen molar-refractivity contribution in [3.05, 3.63) is 35.3 Å². The van der Waals surface area contributed by atoms with Gasteiger partial charge in [0.25, 0.3) is 0 Å². The van der Waals surface area contributed by atoms with Gasteiger partial charge in [-0.05, 0) is 24.5 Å². The Hall–Kier alpha value is -1.51. The third kappa shape index (κ3) is 1.69. The van der Waals surface area contributed by atoms with Crippen LogP contribution < -0.4 is 0 Å². The number of allylic oxidation sites excluding steroid dienone is 1. The summed E-state index contributed by atoms with van der Waals surface area (Å²) < 4.78 is 1.92. The molecule has 0 saturated heterocycles. The van der Waals surface area contributed by atoms with Gasteiger partial charge in [-0.1, -0.05) is 0 Å². The second-order valence-electron chi connectivity index (χ2n) is 4.25. The van der Waals surface area contributed by atoms with E-state index in [4.69, 9.17) is 0 Å². The Balaban J connectivity index is 2.41. The zero-order valence-corrected chi connectivity index (χ0v) is 9.45. The van der Waals surface area contributed by atoms with Gasteiger partial charge in [-0.25, -0.2) is 0 Å². The molecule has 0 bridgehead atoms. The van der Waals surface area contributed by atoms with Crippen molar-refractivity contribution in [2.75, 3.05) is 14.1 Å². The predicted molar refractivity (Wildman–Crippen MR) is 59.8 cm³/mol. The Bertz CT molecular complexity index is 427. The molecule has 1 aromatic rings. The number of aromatic nitrogens is 1. The maximum Gasteiger partial charge on any atom is 0.207 e. The average molecular weight is 204 g/mol. The van der Waals surface area contributed by atoms with Gasteiger partial charge in [-0.3, -0.25) is 4.79 Å². The molecule has 2 rings (SSSR count). The summed E-state index contributed by atoms with van der Waals surface area (Å²) in [5.74, 6) is 0.178. The van der Waals surface area contributed by atoms with Gasteiger partial charge in [0.2, 0.25) is 5.78 Å². The van der Waals surface area contributed by atoms with E-state index >= 15 is 0 Å². The van der Waals surface area contributed by atoms with E-state index in [1.54, 1.807) is 0 Å². The lowest BCUT2D eigenvalue weighted by Gasteiger charge is -2.17. The maximum absolute atomic E-state index is 12.1. The van der Waals surface area contributed by atoms with Gasteiger partial charge >= 0.3 is 0 Å². The first kappa shape index (κ1) is 10.0. The number of nitrogens with zero attached hydrogens (tertiary/aromatic N) is 2. The van der Waals surface area contributed by atoms with Crippen LogP contribution in [0.2, 0.25) is 0 Å². The molecule has 0 N–H and O–H groups in total. The molecule has 0 aromatic carbocycles. The van der Waals surface area contributed by atoms with Gasteiger partial charge < -0.3 is 9.47 Å². The van der Waals surface area contributed by atoms with Crippen molar-refractivity contribution >= 4 is 5.78 Å². The highest BCUT2D eigenvalue weighted by Gasteiger charge is 2.24. The van der Waals surface area contributed by atoms with Crippen molar-refractivity contribution in [2.45, 2.75) is 12.8 Å². The SMILES string of the molecule is CN(C)/C=C1\CCc2ccn(C)c2C1=O. The standard InChI is InChI=1S/C12H16N2O/c1-13(2)8-10-5-4-9-6-7-14(3)11(9)12(10)15/h6-8H,4-5H2,1-3H3/b10-8+. The Labute approximate surface area is 90.0 Å². The lowest BCUT2D eigenvalue weighted by molar-refractivity contribution is 0.101. The summed E-state index contributed by atoms with van der Waals surface area (Å²) in [6.45, 7) is 0. The van der Waals surface area contributed by atoms with E-state index in [9.17, 15) is 4.79 Å². The molecule has 0 saturated carbocycles. The van der Waals surface area contributed by atoms with Gasteiger partial charge in [0.1, 0.15) is 0 Å². The van der Waals surface area contributed by atoms with Crippen LogP contribution in [-0.4, -0.2) is 29.3 Å².